The molecule has 1 aromatic rings. The van der Waals surface area contributed by atoms with E-state index in [-0.39, 0.29) is 5.41 Å². The Morgan fingerprint density at radius 1 is 1.24 bits per heavy atom. The zero-order chi connectivity index (χ0) is 14.6. The molecule has 1 N–H and O–H groups in total. The summed E-state index contributed by atoms with van der Waals surface area (Å²) in [6.45, 7) is 5.63. The number of fused-ring (bicyclic) bond motifs is 1. The molecule has 0 spiro atoms. The third-order valence-corrected chi connectivity index (χ3v) is 5.68. The summed E-state index contributed by atoms with van der Waals surface area (Å²) in [7, 11) is 0. The second-order valence-electron chi connectivity index (χ2n) is 7.68. The van der Waals surface area contributed by atoms with Crippen molar-refractivity contribution in [2.24, 2.45) is 11.3 Å². The fourth-order valence-electron chi connectivity index (χ4n) is 4.22. The number of benzene rings is 1. The minimum Gasteiger partial charge on any atom is -0.376 e. The Hall–Kier alpha value is -0.570. The highest BCUT2D eigenvalue weighted by atomic mass is 35.5. The van der Waals surface area contributed by atoms with Crippen molar-refractivity contribution in [1.29, 1.82) is 0 Å². The lowest BCUT2D eigenvalue weighted by Gasteiger charge is -2.33. The number of rotatable bonds is 3. The topological polar surface area (TPSA) is 21.3 Å². The van der Waals surface area contributed by atoms with Crippen molar-refractivity contribution in [1.82, 2.24) is 5.32 Å². The standard InChI is InChI=1S/C18H24ClNO/c1-18(2)10-12-5-6-13(19)9-14(12)17(18)20-15-7-8-21-16(15)11-3-4-11/h5-6,9,11,15-17,20H,3-4,7-8,10H2,1-2H3. The van der Waals surface area contributed by atoms with Crippen LogP contribution >= 0.6 is 11.6 Å². The van der Waals surface area contributed by atoms with Gasteiger partial charge in [0.25, 0.3) is 0 Å². The van der Waals surface area contributed by atoms with Crippen LogP contribution in [0, 0.1) is 11.3 Å². The van der Waals surface area contributed by atoms with E-state index < -0.39 is 0 Å². The van der Waals surface area contributed by atoms with Gasteiger partial charge in [0.1, 0.15) is 0 Å². The maximum atomic E-state index is 6.24. The molecule has 1 saturated heterocycles. The molecule has 1 aliphatic heterocycles. The monoisotopic (exact) mass is 305 g/mol. The predicted octanol–water partition coefficient (Wildman–Crippen LogP) is 4.12. The number of nitrogens with one attached hydrogen (secondary N) is 1. The van der Waals surface area contributed by atoms with Gasteiger partial charge < -0.3 is 10.1 Å². The molecule has 2 fully saturated rings. The van der Waals surface area contributed by atoms with Gasteiger partial charge in [-0.05, 0) is 60.3 Å². The van der Waals surface area contributed by atoms with E-state index in [1.54, 1.807) is 0 Å². The molecule has 3 unspecified atom stereocenters. The van der Waals surface area contributed by atoms with E-state index in [1.165, 1.54) is 24.0 Å². The normalized spacial score (nSPS) is 34.1. The molecule has 2 aliphatic carbocycles. The number of hydrogen-bond acceptors (Lipinski definition) is 2. The third kappa shape index (κ3) is 2.52. The van der Waals surface area contributed by atoms with Crippen LogP contribution in [0.3, 0.4) is 0 Å². The Kier molecular flexibility index (Phi) is 3.33. The van der Waals surface area contributed by atoms with Crippen LogP contribution in [0.1, 0.15) is 50.3 Å². The van der Waals surface area contributed by atoms with Gasteiger partial charge >= 0.3 is 0 Å². The van der Waals surface area contributed by atoms with E-state index >= 15 is 0 Å². The summed E-state index contributed by atoms with van der Waals surface area (Å²) >= 11 is 6.24. The van der Waals surface area contributed by atoms with Crippen LogP contribution in [-0.2, 0) is 11.2 Å². The summed E-state index contributed by atoms with van der Waals surface area (Å²) in [5.74, 6) is 0.799. The zero-order valence-electron chi connectivity index (χ0n) is 12.9. The van der Waals surface area contributed by atoms with Crippen LogP contribution in [0.2, 0.25) is 5.02 Å². The van der Waals surface area contributed by atoms with Crippen LogP contribution in [-0.4, -0.2) is 18.8 Å². The SMILES string of the molecule is CC1(C)Cc2ccc(Cl)cc2C1NC1CCOC1C1CC1. The van der Waals surface area contributed by atoms with Crippen LogP contribution in [0.5, 0.6) is 0 Å². The molecule has 3 atom stereocenters. The fraction of sp³-hybridized carbons (Fsp3) is 0.667. The Bertz CT molecular complexity index is 552. The lowest BCUT2D eigenvalue weighted by molar-refractivity contribution is 0.0745. The summed E-state index contributed by atoms with van der Waals surface area (Å²) in [4.78, 5) is 0. The summed E-state index contributed by atoms with van der Waals surface area (Å²) in [6.07, 6.45) is 5.39. The van der Waals surface area contributed by atoms with E-state index in [0.29, 0.717) is 18.2 Å². The van der Waals surface area contributed by atoms with E-state index in [1.807, 2.05) is 6.07 Å². The summed E-state index contributed by atoms with van der Waals surface area (Å²) in [5.41, 5.74) is 3.08. The molecule has 21 heavy (non-hydrogen) atoms. The molecule has 1 heterocycles. The molecular weight excluding hydrogens is 282 g/mol. The van der Waals surface area contributed by atoms with Crippen LogP contribution < -0.4 is 5.32 Å². The highest BCUT2D eigenvalue weighted by Crippen LogP contribution is 2.47. The second-order valence-corrected chi connectivity index (χ2v) is 8.11. The van der Waals surface area contributed by atoms with E-state index in [9.17, 15) is 0 Å². The Balaban J connectivity index is 1.60. The van der Waals surface area contributed by atoms with Crippen molar-refractivity contribution in [2.45, 2.75) is 57.7 Å². The quantitative estimate of drug-likeness (QED) is 0.907. The van der Waals surface area contributed by atoms with Crippen LogP contribution in [0.4, 0.5) is 0 Å². The molecule has 2 nitrogen and oxygen atoms in total. The molecular formula is C18H24ClNO. The Labute approximate surface area is 132 Å². The molecule has 0 bridgehead atoms. The predicted molar refractivity (Wildman–Crippen MR) is 85.7 cm³/mol. The van der Waals surface area contributed by atoms with Gasteiger partial charge in [-0.3, -0.25) is 0 Å². The summed E-state index contributed by atoms with van der Waals surface area (Å²) < 4.78 is 5.99. The average molecular weight is 306 g/mol. The van der Waals surface area contributed by atoms with Gasteiger partial charge in [0.2, 0.25) is 0 Å². The zero-order valence-corrected chi connectivity index (χ0v) is 13.6. The van der Waals surface area contributed by atoms with E-state index in [0.717, 1.165) is 30.4 Å². The van der Waals surface area contributed by atoms with E-state index in [4.69, 9.17) is 16.3 Å². The number of hydrogen-bond donors (Lipinski definition) is 1. The largest absolute Gasteiger partial charge is 0.376 e. The van der Waals surface area contributed by atoms with Crippen molar-refractivity contribution in [3.8, 4) is 0 Å². The van der Waals surface area contributed by atoms with Gasteiger partial charge in [0.05, 0.1) is 6.10 Å². The van der Waals surface area contributed by atoms with Gasteiger partial charge in [0.15, 0.2) is 0 Å². The molecule has 0 radical (unpaired) electrons. The first-order valence-electron chi connectivity index (χ1n) is 8.20. The van der Waals surface area contributed by atoms with Crippen LogP contribution in [0.15, 0.2) is 18.2 Å². The van der Waals surface area contributed by atoms with Gasteiger partial charge in [-0.2, -0.15) is 0 Å². The van der Waals surface area contributed by atoms with Crippen molar-refractivity contribution in [2.75, 3.05) is 6.61 Å². The minimum absolute atomic E-state index is 0.240. The molecule has 4 rings (SSSR count). The van der Waals surface area contributed by atoms with Crippen molar-refractivity contribution in [3.05, 3.63) is 34.3 Å². The lowest BCUT2D eigenvalue weighted by Crippen LogP contribution is -2.43. The molecule has 0 aromatic heterocycles. The van der Waals surface area contributed by atoms with Crippen molar-refractivity contribution >= 4 is 11.6 Å². The first-order chi connectivity index (χ1) is 10.0. The highest BCUT2D eigenvalue weighted by Gasteiger charge is 2.45. The average Bonchev–Trinajstić information content (AvgIpc) is 3.11. The lowest BCUT2D eigenvalue weighted by atomic mass is 9.84. The molecule has 1 saturated carbocycles. The molecule has 3 aliphatic rings. The van der Waals surface area contributed by atoms with E-state index in [2.05, 4.69) is 31.3 Å². The number of ether oxygens (including phenoxy) is 1. The van der Waals surface area contributed by atoms with Gasteiger partial charge in [0, 0.05) is 23.7 Å². The second kappa shape index (κ2) is 4.97. The molecule has 114 valence electrons. The first kappa shape index (κ1) is 14.0. The van der Waals surface area contributed by atoms with Gasteiger partial charge in [-0.15, -0.1) is 0 Å². The Morgan fingerprint density at radius 3 is 2.81 bits per heavy atom. The fourth-order valence-corrected chi connectivity index (χ4v) is 4.40. The molecule has 1 aromatic carbocycles. The highest BCUT2D eigenvalue weighted by molar-refractivity contribution is 6.30. The van der Waals surface area contributed by atoms with Crippen LogP contribution in [0.25, 0.3) is 0 Å². The first-order valence-corrected chi connectivity index (χ1v) is 8.58. The van der Waals surface area contributed by atoms with Gasteiger partial charge in [-0.1, -0.05) is 31.5 Å². The summed E-state index contributed by atoms with van der Waals surface area (Å²) in [5, 5.41) is 4.79. The van der Waals surface area contributed by atoms with Crippen molar-refractivity contribution < 1.29 is 4.74 Å². The summed E-state index contributed by atoms with van der Waals surface area (Å²) in [6, 6.07) is 7.27. The maximum Gasteiger partial charge on any atom is 0.0757 e. The third-order valence-electron chi connectivity index (χ3n) is 5.45. The van der Waals surface area contributed by atoms with Gasteiger partial charge in [-0.25, -0.2) is 0 Å². The molecule has 0 amide bonds. The van der Waals surface area contributed by atoms with Crippen molar-refractivity contribution in [3.63, 3.8) is 0 Å². The number of halogens is 1. The maximum absolute atomic E-state index is 6.24. The molecule has 3 heteroatoms. The smallest absolute Gasteiger partial charge is 0.0757 e. The Morgan fingerprint density at radius 2 is 2.05 bits per heavy atom. The minimum atomic E-state index is 0.240.